The molecule has 2 unspecified atom stereocenters. The lowest BCUT2D eigenvalue weighted by atomic mass is 10.2. The number of thiophene rings is 1. The summed E-state index contributed by atoms with van der Waals surface area (Å²) >= 11 is 5.17. The molecular weight excluding hydrogens is 314 g/mol. The molecule has 3 heterocycles. The fraction of sp³-hybridized carbons (Fsp3) is 0.417. The molecule has 1 aliphatic heterocycles. The Morgan fingerprint density at radius 3 is 3.11 bits per heavy atom. The number of hydrogen-bond acceptors (Lipinski definition) is 4. The molecule has 2 aromatic rings. The van der Waals surface area contributed by atoms with E-state index >= 15 is 0 Å². The molecule has 0 saturated carbocycles. The van der Waals surface area contributed by atoms with Gasteiger partial charge in [-0.25, -0.2) is 4.98 Å². The predicted molar refractivity (Wildman–Crippen MR) is 75.8 cm³/mol. The maximum absolute atomic E-state index is 5.35. The average molecular weight is 328 g/mol. The third kappa shape index (κ3) is 2.38. The quantitative estimate of drug-likeness (QED) is 0.911. The Bertz CT molecular complexity index is 539. The standard InChI is InChI=1S/C12H14BrN3OS/c1-17-8-3-9(14-4-8)12-15-5-10(16-12)11-2-7(13)6-18-11/h2,5-6,8-9,14H,3-4H2,1H3,(H,15,16). The first-order valence-electron chi connectivity index (χ1n) is 5.81. The van der Waals surface area contributed by atoms with E-state index in [-0.39, 0.29) is 6.04 Å². The molecule has 2 aromatic heterocycles. The van der Waals surface area contributed by atoms with Gasteiger partial charge in [0.1, 0.15) is 5.82 Å². The molecule has 18 heavy (non-hydrogen) atoms. The van der Waals surface area contributed by atoms with Crippen LogP contribution in [0.5, 0.6) is 0 Å². The normalized spacial score (nSPS) is 23.7. The molecule has 0 bridgehead atoms. The molecule has 4 nitrogen and oxygen atoms in total. The van der Waals surface area contributed by atoms with Gasteiger partial charge >= 0.3 is 0 Å². The van der Waals surface area contributed by atoms with Crippen molar-refractivity contribution >= 4 is 27.3 Å². The Labute approximate surface area is 118 Å². The second kappa shape index (κ2) is 5.13. The molecule has 0 spiro atoms. The molecule has 1 fully saturated rings. The molecule has 0 radical (unpaired) electrons. The number of ether oxygens (including phenoxy) is 1. The van der Waals surface area contributed by atoms with Crippen LogP contribution in [0.3, 0.4) is 0 Å². The number of imidazole rings is 1. The van der Waals surface area contributed by atoms with Gasteiger partial charge < -0.3 is 15.0 Å². The molecule has 6 heteroatoms. The number of hydrogen-bond donors (Lipinski definition) is 2. The van der Waals surface area contributed by atoms with Crippen molar-refractivity contribution in [2.45, 2.75) is 18.6 Å². The van der Waals surface area contributed by atoms with Gasteiger partial charge in [-0.05, 0) is 28.4 Å². The number of aromatic amines is 1. The molecule has 96 valence electrons. The van der Waals surface area contributed by atoms with Crippen LogP contribution < -0.4 is 5.32 Å². The summed E-state index contributed by atoms with van der Waals surface area (Å²) in [7, 11) is 1.76. The minimum absolute atomic E-state index is 0.270. The summed E-state index contributed by atoms with van der Waals surface area (Å²) < 4.78 is 6.46. The number of methoxy groups -OCH3 is 1. The predicted octanol–water partition coefficient (Wildman–Crippen LogP) is 2.95. The van der Waals surface area contributed by atoms with E-state index in [4.69, 9.17) is 4.74 Å². The fourth-order valence-corrected chi connectivity index (χ4v) is 3.58. The van der Waals surface area contributed by atoms with Crippen LogP contribution in [-0.4, -0.2) is 29.7 Å². The van der Waals surface area contributed by atoms with E-state index in [1.807, 2.05) is 6.20 Å². The second-order valence-electron chi connectivity index (χ2n) is 4.37. The zero-order valence-corrected chi connectivity index (χ0v) is 12.3. The van der Waals surface area contributed by atoms with Gasteiger partial charge in [-0.3, -0.25) is 0 Å². The van der Waals surface area contributed by atoms with E-state index < -0.39 is 0 Å². The van der Waals surface area contributed by atoms with Crippen molar-refractivity contribution in [3.05, 3.63) is 27.9 Å². The van der Waals surface area contributed by atoms with Crippen molar-refractivity contribution < 1.29 is 4.74 Å². The summed E-state index contributed by atoms with van der Waals surface area (Å²) in [4.78, 5) is 9.06. The highest BCUT2D eigenvalue weighted by molar-refractivity contribution is 9.10. The van der Waals surface area contributed by atoms with Crippen LogP contribution in [0.25, 0.3) is 10.6 Å². The van der Waals surface area contributed by atoms with E-state index in [9.17, 15) is 0 Å². The maximum Gasteiger partial charge on any atom is 0.123 e. The van der Waals surface area contributed by atoms with Crippen LogP contribution >= 0.6 is 27.3 Å². The van der Waals surface area contributed by atoms with Crippen LogP contribution in [0, 0.1) is 0 Å². The van der Waals surface area contributed by atoms with Crippen LogP contribution in [0.1, 0.15) is 18.3 Å². The largest absolute Gasteiger partial charge is 0.380 e. The summed E-state index contributed by atoms with van der Waals surface area (Å²) in [6.45, 7) is 0.891. The van der Waals surface area contributed by atoms with E-state index in [1.54, 1.807) is 18.4 Å². The van der Waals surface area contributed by atoms with Crippen LogP contribution in [0.15, 0.2) is 22.1 Å². The van der Waals surface area contributed by atoms with Crippen molar-refractivity contribution in [3.63, 3.8) is 0 Å². The van der Waals surface area contributed by atoms with Gasteiger partial charge in [-0.1, -0.05) is 0 Å². The second-order valence-corrected chi connectivity index (χ2v) is 6.19. The molecular formula is C12H14BrN3OS. The summed E-state index contributed by atoms with van der Waals surface area (Å²) in [5.74, 6) is 0.995. The molecule has 0 aromatic carbocycles. The lowest BCUT2D eigenvalue weighted by Gasteiger charge is -2.06. The summed E-state index contributed by atoms with van der Waals surface area (Å²) in [6, 6.07) is 2.37. The van der Waals surface area contributed by atoms with Gasteiger partial charge in [-0.2, -0.15) is 0 Å². The van der Waals surface area contributed by atoms with Crippen molar-refractivity contribution in [1.29, 1.82) is 0 Å². The Balaban J connectivity index is 1.78. The van der Waals surface area contributed by atoms with Crippen LogP contribution in [-0.2, 0) is 4.74 Å². The molecule has 2 atom stereocenters. The number of H-pyrrole nitrogens is 1. The van der Waals surface area contributed by atoms with E-state index in [0.717, 1.165) is 29.0 Å². The van der Waals surface area contributed by atoms with Crippen molar-refractivity contribution in [2.24, 2.45) is 0 Å². The zero-order valence-electron chi connectivity index (χ0n) is 9.94. The molecule has 0 aliphatic carbocycles. The van der Waals surface area contributed by atoms with Gasteiger partial charge in [-0.15, -0.1) is 11.3 Å². The Morgan fingerprint density at radius 1 is 1.56 bits per heavy atom. The van der Waals surface area contributed by atoms with Crippen molar-refractivity contribution in [1.82, 2.24) is 15.3 Å². The van der Waals surface area contributed by atoms with Gasteiger partial charge in [0.15, 0.2) is 0 Å². The first-order chi connectivity index (χ1) is 8.76. The number of halogens is 1. The lowest BCUT2D eigenvalue weighted by Crippen LogP contribution is -2.16. The van der Waals surface area contributed by atoms with E-state index in [0.29, 0.717) is 6.10 Å². The van der Waals surface area contributed by atoms with E-state index in [2.05, 4.69) is 42.7 Å². The monoisotopic (exact) mass is 327 g/mol. The number of nitrogens with zero attached hydrogens (tertiary/aromatic N) is 1. The van der Waals surface area contributed by atoms with Gasteiger partial charge in [0.05, 0.1) is 28.9 Å². The first-order valence-corrected chi connectivity index (χ1v) is 7.49. The molecule has 1 saturated heterocycles. The SMILES string of the molecule is COC1CNC(c2ncc(-c3cc(Br)cs3)[nH]2)C1. The third-order valence-corrected chi connectivity index (χ3v) is 4.91. The zero-order chi connectivity index (χ0) is 12.5. The van der Waals surface area contributed by atoms with Gasteiger partial charge in [0.25, 0.3) is 0 Å². The summed E-state index contributed by atoms with van der Waals surface area (Å²) in [6.07, 6.45) is 3.16. The highest BCUT2D eigenvalue weighted by Crippen LogP contribution is 2.30. The summed E-state index contributed by atoms with van der Waals surface area (Å²) in [5, 5.41) is 5.49. The smallest absolute Gasteiger partial charge is 0.123 e. The minimum atomic E-state index is 0.270. The van der Waals surface area contributed by atoms with Crippen molar-refractivity contribution in [2.75, 3.05) is 13.7 Å². The highest BCUT2D eigenvalue weighted by Gasteiger charge is 2.27. The third-order valence-electron chi connectivity index (χ3n) is 3.18. The molecule has 0 amide bonds. The minimum Gasteiger partial charge on any atom is -0.380 e. The first kappa shape index (κ1) is 12.3. The topological polar surface area (TPSA) is 49.9 Å². The Morgan fingerprint density at radius 2 is 2.44 bits per heavy atom. The van der Waals surface area contributed by atoms with Gasteiger partial charge in [0, 0.05) is 23.5 Å². The number of rotatable bonds is 3. The number of aromatic nitrogens is 2. The van der Waals surface area contributed by atoms with Crippen molar-refractivity contribution in [3.8, 4) is 10.6 Å². The van der Waals surface area contributed by atoms with Crippen LogP contribution in [0.4, 0.5) is 0 Å². The van der Waals surface area contributed by atoms with Crippen LogP contribution in [0.2, 0.25) is 0 Å². The molecule has 3 rings (SSSR count). The fourth-order valence-electron chi connectivity index (χ4n) is 2.18. The van der Waals surface area contributed by atoms with Gasteiger partial charge in [0.2, 0.25) is 0 Å². The number of nitrogens with one attached hydrogen (secondary N) is 2. The highest BCUT2D eigenvalue weighted by atomic mass is 79.9. The molecule has 1 aliphatic rings. The summed E-state index contributed by atoms with van der Waals surface area (Å²) in [5.41, 5.74) is 1.07. The lowest BCUT2D eigenvalue weighted by molar-refractivity contribution is 0.117. The average Bonchev–Trinajstić information content (AvgIpc) is 3.07. The maximum atomic E-state index is 5.35. The Hall–Kier alpha value is -0.690. The molecule has 2 N–H and O–H groups in total. The van der Waals surface area contributed by atoms with E-state index in [1.165, 1.54) is 4.88 Å². The Kier molecular flexibility index (Phi) is 3.52.